The molecule has 0 saturated heterocycles. The van der Waals surface area contributed by atoms with E-state index in [-0.39, 0.29) is 11.8 Å². The number of aliphatic carboxylic acids is 1. The van der Waals surface area contributed by atoms with Gasteiger partial charge in [-0.2, -0.15) is 0 Å². The minimum absolute atomic E-state index is 0.140. The quantitative estimate of drug-likeness (QED) is 0.916. The Kier molecular flexibility index (Phi) is 3.17. The molecule has 19 heavy (non-hydrogen) atoms. The van der Waals surface area contributed by atoms with E-state index >= 15 is 0 Å². The summed E-state index contributed by atoms with van der Waals surface area (Å²) in [6.45, 7) is 8.17. The highest BCUT2D eigenvalue weighted by Gasteiger charge is 2.30. The Hall–Kier alpha value is -1.77. The third-order valence-corrected chi connectivity index (χ3v) is 3.98. The Balaban J connectivity index is 2.77. The predicted molar refractivity (Wildman–Crippen MR) is 77.7 cm³/mol. The number of aryl methyl sites for hydroxylation is 2. The molecule has 1 aromatic heterocycles. The van der Waals surface area contributed by atoms with Gasteiger partial charge < -0.3 is 9.67 Å². The molecular formula is C16H21NO2. The van der Waals surface area contributed by atoms with Crippen LogP contribution in [0.2, 0.25) is 0 Å². The number of fused-ring (bicyclic) bond motifs is 1. The second-order valence-corrected chi connectivity index (χ2v) is 5.94. The topological polar surface area (TPSA) is 42.2 Å². The first-order chi connectivity index (χ1) is 8.75. The monoisotopic (exact) mass is 259 g/mol. The molecule has 3 nitrogen and oxygen atoms in total. The summed E-state index contributed by atoms with van der Waals surface area (Å²) in [6, 6.07) is 6.22. The van der Waals surface area contributed by atoms with Gasteiger partial charge in [-0.1, -0.05) is 32.0 Å². The van der Waals surface area contributed by atoms with Crippen molar-refractivity contribution in [2.24, 2.45) is 7.05 Å². The molecule has 2 aromatic rings. The van der Waals surface area contributed by atoms with Gasteiger partial charge in [0.25, 0.3) is 0 Å². The lowest BCUT2D eigenvalue weighted by atomic mass is 9.80. The molecule has 2 rings (SSSR count). The number of benzene rings is 1. The third-order valence-electron chi connectivity index (χ3n) is 3.98. The lowest BCUT2D eigenvalue weighted by Crippen LogP contribution is -2.22. The van der Waals surface area contributed by atoms with Gasteiger partial charge in [0, 0.05) is 23.5 Å². The number of hydrogen-bond donors (Lipinski definition) is 1. The Morgan fingerprint density at radius 1 is 1.32 bits per heavy atom. The number of nitrogens with zero attached hydrogens (tertiary/aromatic N) is 1. The Morgan fingerprint density at radius 2 is 1.95 bits per heavy atom. The van der Waals surface area contributed by atoms with Crippen molar-refractivity contribution < 1.29 is 9.90 Å². The van der Waals surface area contributed by atoms with Crippen molar-refractivity contribution in [3.05, 3.63) is 35.0 Å². The van der Waals surface area contributed by atoms with E-state index in [0.29, 0.717) is 0 Å². The first-order valence-corrected chi connectivity index (χ1v) is 6.52. The summed E-state index contributed by atoms with van der Waals surface area (Å²) in [7, 11) is 2.05. The second-order valence-electron chi connectivity index (χ2n) is 5.94. The van der Waals surface area contributed by atoms with Gasteiger partial charge in [-0.25, -0.2) is 0 Å². The summed E-state index contributed by atoms with van der Waals surface area (Å²) in [4.78, 5) is 11.1. The van der Waals surface area contributed by atoms with Crippen LogP contribution in [0.15, 0.2) is 18.2 Å². The molecule has 0 bridgehead atoms. The zero-order valence-corrected chi connectivity index (χ0v) is 12.2. The highest BCUT2D eigenvalue weighted by Crippen LogP contribution is 2.38. The van der Waals surface area contributed by atoms with E-state index in [4.69, 9.17) is 5.11 Å². The molecule has 1 aromatic carbocycles. The average molecular weight is 259 g/mol. The molecule has 0 radical (unpaired) electrons. The average Bonchev–Trinajstić information content (AvgIpc) is 2.51. The molecule has 0 atom stereocenters. The summed E-state index contributed by atoms with van der Waals surface area (Å²) >= 11 is 0. The number of hydrogen-bond acceptors (Lipinski definition) is 1. The molecule has 0 aliphatic rings. The van der Waals surface area contributed by atoms with Crippen LogP contribution in [0.4, 0.5) is 0 Å². The fourth-order valence-electron chi connectivity index (χ4n) is 3.16. The van der Waals surface area contributed by atoms with Gasteiger partial charge in [-0.15, -0.1) is 0 Å². The number of carboxylic acids is 1. The van der Waals surface area contributed by atoms with Crippen LogP contribution >= 0.6 is 0 Å². The maximum Gasteiger partial charge on any atom is 0.304 e. The third kappa shape index (κ3) is 2.14. The molecule has 0 unspecified atom stereocenters. The number of para-hydroxylation sites is 1. The van der Waals surface area contributed by atoms with Crippen LogP contribution in [0.25, 0.3) is 10.9 Å². The summed E-state index contributed by atoms with van der Waals surface area (Å²) in [5.41, 5.74) is 4.35. The van der Waals surface area contributed by atoms with Crippen LogP contribution in [-0.2, 0) is 17.3 Å². The lowest BCUT2D eigenvalue weighted by Gasteiger charge is -2.23. The molecule has 1 heterocycles. The van der Waals surface area contributed by atoms with Crippen LogP contribution in [0.1, 0.15) is 37.1 Å². The molecule has 0 amide bonds. The van der Waals surface area contributed by atoms with Gasteiger partial charge >= 0.3 is 5.97 Å². The van der Waals surface area contributed by atoms with Crippen LogP contribution in [-0.4, -0.2) is 15.6 Å². The van der Waals surface area contributed by atoms with Gasteiger partial charge in [0.2, 0.25) is 0 Å². The molecule has 1 N–H and O–H groups in total. The number of rotatable bonds is 3. The van der Waals surface area contributed by atoms with E-state index in [2.05, 4.69) is 30.5 Å². The van der Waals surface area contributed by atoms with Gasteiger partial charge in [-0.3, -0.25) is 4.79 Å². The summed E-state index contributed by atoms with van der Waals surface area (Å²) in [5, 5.41) is 10.3. The zero-order valence-electron chi connectivity index (χ0n) is 12.2. The van der Waals surface area contributed by atoms with Crippen LogP contribution in [0.3, 0.4) is 0 Å². The van der Waals surface area contributed by atoms with Gasteiger partial charge in [-0.05, 0) is 25.0 Å². The number of aromatic nitrogens is 1. The SMILES string of the molecule is Cc1cccc2c(C(C)(C)CC(=O)O)c(C)n(C)c12. The highest BCUT2D eigenvalue weighted by atomic mass is 16.4. The number of carbonyl (C=O) groups is 1. The van der Waals surface area contributed by atoms with E-state index in [1.54, 1.807) is 0 Å². The molecule has 3 heteroatoms. The van der Waals surface area contributed by atoms with Crippen molar-refractivity contribution in [2.75, 3.05) is 0 Å². The second kappa shape index (κ2) is 4.41. The predicted octanol–water partition coefficient (Wildman–Crippen LogP) is 3.55. The first-order valence-electron chi connectivity index (χ1n) is 6.52. The van der Waals surface area contributed by atoms with Gasteiger partial charge in [0.05, 0.1) is 11.9 Å². The van der Waals surface area contributed by atoms with E-state index in [9.17, 15) is 4.79 Å². The molecule has 0 aliphatic heterocycles. The summed E-state index contributed by atoms with van der Waals surface area (Å²) in [5.74, 6) is -0.756. The maximum absolute atomic E-state index is 11.1. The standard InChI is InChI=1S/C16H21NO2/c1-10-7-6-8-12-14(11(2)17(5)15(10)12)16(3,4)9-13(18)19/h6-8H,9H2,1-5H3,(H,18,19). The van der Waals surface area contributed by atoms with Gasteiger partial charge in [0.15, 0.2) is 0 Å². The van der Waals surface area contributed by atoms with Gasteiger partial charge in [0.1, 0.15) is 0 Å². The van der Waals surface area contributed by atoms with Crippen molar-refractivity contribution in [1.29, 1.82) is 0 Å². The highest BCUT2D eigenvalue weighted by molar-refractivity contribution is 5.89. The fourth-order valence-corrected chi connectivity index (χ4v) is 3.16. The van der Waals surface area contributed by atoms with E-state index in [0.717, 1.165) is 11.3 Å². The smallest absolute Gasteiger partial charge is 0.304 e. The normalized spacial score (nSPS) is 12.1. The molecule has 0 spiro atoms. The minimum Gasteiger partial charge on any atom is -0.481 e. The Labute approximate surface area is 113 Å². The van der Waals surface area contributed by atoms with Crippen molar-refractivity contribution in [2.45, 2.75) is 39.5 Å². The van der Waals surface area contributed by atoms with E-state index < -0.39 is 5.97 Å². The van der Waals surface area contributed by atoms with Crippen LogP contribution in [0, 0.1) is 13.8 Å². The fraction of sp³-hybridized carbons (Fsp3) is 0.438. The summed E-state index contributed by atoms with van der Waals surface area (Å²) < 4.78 is 2.17. The van der Waals surface area contributed by atoms with Crippen LogP contribution < -0.4 is 0 Å². The largest absolute Gasteiger partial charge is 0.481 e. The Bertz CT molecular complexity index is 650. The zero-order chi connectivity index (χ0) is 14.4. The van der Waals surface area contributed by atoms with Crippen LogP contribution in [0.5, 0.6) is 0 Å². The van der Waals surface area contributed by atoms with Crippen molar-refractivity contribution >= 4 is 16.9 Å². The maximum atomic E-state index is 11.1. The summed E-state index contributed by atoms with van der Waals surface area (Å²) in [6.07, 6.45) is 0.140. The minimum atomic E-state index is -0.756. The molecule has 0 fully saturated rings. The first kappa shape index (κ1) is 13.7. The molecule has 0 aliphatic carbocycles. The van der Waals surface area contributed by atoms with Crippen molar-refractivity contribution in [3.8, 4) is 0 Å². The molecule has 102 valence electrons. The lowest BCUT2D eigenvalue weighted by molar-refractivity contribution is -0.138. The van der Waals surface area contributed by atoms with Crippen molar-refractivity contribution in [1.82, 2.24) is 4.57 Å². The molecule has 0 saturated carbocycles. The van der Waals surface area contributed by atoms with E-state index in [1.807, 2.05) is 27.0 Å². The van der Waals surface area contributed by atoms with Crippen molar-refractivity contribution in [3.63, 3.8) is 0 Å². The number of carboxylic acid groups (broad SMARTS) is 1. The Morgan fingerprint density at radius 3 is 2.53 bits per heavy atom. The molecular weight excluding hydrogens is 238 g/mol. The van der Waals surface area contributed by atoms with E-state index in [1.165, 1.54) is 16.5 Å².